The summed E-state index contributed by atoms with van der Waals surface area (Å²) in [5.41, 5.74) is -1.26. The minimum absolute atomic E-state index is 0.108. The number of carbonyl (C=O) groups is 2. The average molecular weight is 354 g/mol. The van der Waals surface area contributed by atoms with Gasteiger partial charge in [-0.2, -0.15) is 0 Å². The fourth-order valence-corrected chi connectivity index (χ4v) is 3.57. The second-order valence-corrected chi connectivity index (χ2v) is 7.19. The van der Waals surface area contributed by atoms with Crippen LogP contribution < -0.4 is 0 Å². The van der Waals surface area contributed by atoms with Crippen LogP contribution in [0.1, 0.15) is 13.8 Å². The molecule has 3 atom stereocenters. The first-order chi connectivity index (χ1) is 11.3. The molecule has 0 saturated heterocycles. The Balaban J connectivity index is 2.24. The maximum absolute atomic E-state index is 12.6. The summed E-state index contributed by atoms with van der Waals surface area (Å²) < 4.78 is 40.7. The summed E-state index contributed by atoms with van der Waals surface area (Å²) in [6.07, 6.45) is 1.01. The van der Waals surface area contributed by atoms with Crippen molar-refractivity contribution in [1.29, 1.82) is 0 Å². The Hall–Kier alpha value is -2.19. The highest BCUT2D eigenvalue weighted by Crippen LogP contribution is 2.25. The highest BCUT2D eigenvalue weighted by atomic mass is 32.2. The van der Waals surface area contributed by atoms with E-state index in [4.69, 9.17) is 14.2 Å². The van der Waals surface area contributed by atoms with Crippen molar-refractivity contribution in [2.75, 3.05) is 6.61 Å². The van der Waals surface area contributed by atoms with E-state index in [2.05, 4.69) is 0 Å². The third-order valence-electron chi connectivity index (χ3n) is 3.26. The van der Waals surface area contributed by atoms with Crippen LogP contribution in [-0.2, 0) is 33.6 Å². The summed E-state index contributed by atoms with van der Waals surface area (Å²) in [4.78, 5) is 22.3. The van der Waals surface area contributed by atoms with Crippen LogP contribution in [0.5, 0.6) is 0 Å². The molecule has 0 bridgehead atoms. The Morgan fingerprint density at radius 1 is 1.08 bits per heavy atom. The van der Waals surface area contributed by atoms with Crippen molar-refractivity contribution in [2.45, 2.75) is 36.4 Å². The molecule has 0 aromatic heterocycles. The van der Waals surface area contributed by atoms with Crippen molar-refractivity contribution in [3.05, 3.63) is 42.5 Å². The first-order valence-corrected chi connectivity index (χ1v) is 8.78. The van der Waals surface area contributed by atoms with Gasteiger partial charge in [-0.15, -0.1) is 0 Å². The summed E-state index contributed by atoms with van der Waals surface area (Å²) >= 11 is 0. The van der Waals surface area contributed by atoms with E-state index in [0.717, 1.165) is 0 Å². The normalized spacial score (nSPS) is 23.5. The summed E-state index contributed by atoms with van der Waals surface area (Å²) in [5.74, 6) is -1.09. The van der Waals surface area contributed by atoms with Gasteiger partial charge in [0.2, 0.25) is 9.84 Å². The van der Waals surface area contributed by atoms with Gasteiger partial charge < -0.3 is 14.2 Å². The monoisotopic (exact) mass is 354 g/mol. The van der Waals surface area contributed by atoms with E-state index < -0.39 is 39.4 Å². The molecule has 8 heteroatoms. The third kappa shape index (κ3) is 4.42. The lowest BCUT2D eigenvalue weighted by atomic mass is 10.1. The Labute approximate surface area is 140 Å². The van der Waals surface area contributed by atoms with Gasteiger partial charge >= 0.3 is 11.9 Å². The number of esters is 2. The van der Waals surface area contributed by atoms with Gasteiger partial charge in [-0.25, -0.2) is 8.42 Å². The van der Waals surface area contributed by atoms with E-state index in [0.29, 0.717) is 0 Å². The molecule has 2 rings (SSSR count). The fraction of sp³-hybridized carbons (Fsp3) is 0.375. The molecule has 0 saturated carbocycles. The molecule has 1 heterocycles. The maximum atomic E-state index is 12.6. The molecule has 0 unspecified atom stereocenters. The molecule has 0 aliphatic carbocycles. The van der Waals surface area contributed by atoms with Gasteiger partial charge in [0.15, 0.2) is 5.44 Å². The van der Waals surface area contributed by atoms with Crippen LogP contribution in [0.3, 0.4) is 0 Å². The van der Waals surface area contributed by atoms with E-state index in [1.54, 1.807) is 18.2 Å². The first-order valence-electron chi connectivity index (χ1n) is 7.24. The van der Waals surface area contributed by atoms with Gasteiger partial charge in [0.05, 0.1) is 4.90 Å². The summed E-state index contributed by atoms with van der Waals surface area (Å²) in [6.45, 7) is 2.22. The molecule has 24 heavy (non-hydrogen) atoms. The number of hydrogen-bond acceptors (Lipinski definition) is 7. The van der Waals surface area contributed by atoms with Gasteiger partial charge in [-0.1, -0.05) is 18.2 Å². The molecule has 130 valence electrons. The van der Waals surface area contributed by atoms with Crippen LogP contribution >= 0.6 is 0 Å². The lowest BCUT2D eigenvalue weighted by molar-refractivity contribution is -0.160. The Morgan fingerprint density at radius 3 is 2.33 bits per heavy atom. The fourth-order valence-electron chi connectivity index (χ4n) is 2.18. The third-order valence-corrected chi connectivity index (χ3v) is 5.07. The van der Waals surface area contributed by atoms with E-state index in [-0.39, 0.29) is 11.5 Å². The topological polar surface area (TPSA) is 96.0 Å². The molecular formula is C16H18O7S. The molecule has 1 aromatic rings. The Morgan fingerprint density at radius 2 is 1.75 bits per heavy atom. The zero-order valence-corrected chi connectivity index (χ0v) is 14.1. The zero-order chi connectivity index (χ0) is 17.7. The minimum Gasteiger partial charge on any atom is -0.463 e. The van der Waals surface area contributed by atoms with Gasteiger partial charge in [0.25, 0.3) is 0 Å². The summed E-state index contributed by atoms with van der Waals surface area (Å²) in [7, 11) is -3.78. The minimum atomic E-state index is -3.78. The van der Waals surface area contributed by atoms with Crippen molar-refractivity contribution < 1.29 is 32.2 Å². The smallest absolute Gasteiger partial charge is 0.303 e. The van der Waals surface area contributed by atoms with Crippen LogP contribution in [0, 0.1) is 0 Å². The van der Waals surface area contributed by atoms with Crippen molar-refractivity contribution >= 4 is 21.8 Å². The van der Waals surface area contributed by atoms with Crippen molar-refractivity contribution in [3.63, 3.8) is 0 Å². The number of sulfone groups is 1. The predicted octanol–water partition coefficient (Wildman–Crippen LogP) is 1.24. The van der Waals surface area contributed by atoms with Crippen molar-refractivity contribution in [1.82, 2.24) is 0 Å². The maximum Gasteiger partial charge on any atom is 0.303 e. The molecule has 0 fully saturated rings. The quantitative estimate of drug-likeness (QED) is 0.580. The molecule has 1 aliphatic heterocycles. The summed E-state index contributed by atoms with van der Waals surface area (Å²) in [6, 6.07) is 7.85. The second kappa shape index (κ2) is 7.59. The van der Waals surface area contributed by atoms with E-state index >= 15 is 0 Å². The number of ether oxygens (including phenoxy) is 3. The van der Waals surface area contributed by atoms with Crippen LogP contribution in [0.25, 0.3) is 0 Å². The number of hydrogen-bond donors (Lipinski definition) is 0. The van der Waals surface area contributed by atoms with Crippen molar-refractivity contribution in [2.24, 2.45) is 0 Å². The van der Waals surface area contributed by atoms with Crippen LogP contribution in [0.4, 0.5) is 0 Å². The van der Waals surface area contributed by atoms with Gasteiger partial charge in [0, 0.05) is 13.8 Å². The molecule has 1 aliphatic rings. The van der Waals surface area contributed by atoms with Gasteiger partial charge in [-0.3, -0.25) is 9.59 Å². The van der Waals surface area contributed by atoms with Gasteiger partial charge in [-0.05, 0) is 24.3 Å². The van der Waals surface area contributed by atoms with E-state index in [1.165, 1.54) is 38.1 Å². The zero-order valence-electron chi connectivity index (χ0n) is 13.2. The van der Waals surface area contributed by atoms with Crippen LogP contribution in [-0.4, -0.2) is 44.6 Å². The molecule has 0 radical (unpaired) electrons. The molecule has 7 nitrogen and oxygen atoms in total. The lowest BCUT2D eigenvalue weighted by Gasteiger charge is -2.31. The molecule has 0 spiro atoms. The lowest BCUT2D eigenvalue weighted by Crippen LogP contribution is -2.43. The van der Waals surface area contributed by atoms with E-state index in [9.17, 15) is 18.0 Å². The number of benzene rings is 1. The standard InChI is InChI=1S/C16H18O7S/c1-11(17)21-10-15-14(22-12(2)18)8-9-16(23-15)24(19,20)13-6-4-3-5-7-13/h3-9,14-16H,10H2,1-2H3/t14-,15+,16+/m0/s1. The Kier molecular flexibility index (Phi) is 5.74. The molecule has 1 aromatic carbocycles. The van der Waals surface area contributed by atoms with Crippen LogP contribution in [0.2, 0.25) is 0 Å². The van der Waals surface area contributed by atoms with Gasteiger partial charge in [0.1, 0.15) is 18.8 Å². The highest BCUT2D eigenvalue weighted by molar-refractivity contribution is 7.92. The SMILES string of the molecule is CC(=O)OC[C@H]1O[C@H](S(=O)(=O)c2ccccc2)C=C[C@@H]1OC(C)=O. The molecule has 0 N–H and O–H groups in total. The van der Waals surface area contributed by atoms with Crippen LogP contribution in [0.15, 0.2) is 47.4 Å². The molecular weight excluding hydrogens is 336 g/mol. The average Bonchev–Trinajstić information content (AvgIpc) is 2.54. The highest BCUT2D eigenvalue weighted by Gasteiger charge is 2.37. The Bertz CT molecular complexity index is 724. The molecule has 0 amide bonds. The first kappa shape index (κ1) is 18.2. The van der Waals surface area contributed by atoms with E-state index in [1.807, 2.05) is 0 Å². The predicted molar refractivity (Wildman–Crippen MR) is 83.6 cm³/mol. The van der Waals surface area contributed by atoms with Crippen molar-refractivity contribution in [3.8, 4) is 0 Å². The number of rotatable bonds is 5. The number of carbonyl (C=O) groups excluding carboxylic acids is 2. The second-order valence-electron chi connectivity index (χ2n) is 5.16. The summed E-state index contributed by atoms with van der Waals surface area (Å²) in [5, 5.41) is 0. The largest absolute Gasteiger partial charge is 0.463 e.